The molecule has 2 rings (SSSR count). The highest BCUT2D eigenvalue weighted by molar-refractivity contribution is 6.17. The second-order valence-corrected chi connectivity index (χ2v) is 5.57. The van der Waals surface area contributed by atoms with Gasteiger partial charge in [0.1, 0.15) is 5.75 Å². The average Bonchev–Trinajstić information content (AvgIpc) is 3.22. The van der Waals surface area contributed by atoms with Gasteiger partial charge >= 0.3 is 5.97 Å². The first-order valence-electron chi connectivity index (χ1n) is 7.05. The zero-order chi connectivity index (χ0) is 13.8. The second kappa shape index (κ2) is 6.42. The molecule has 1 fully saturated rings. The molecule has 0 radical (unpaired) electrons. The van der Waals surface area contributed by atoms with Crippen molar-refractivity contribution in [2.45, 2.75) is 51.3 Å². The van der Waals surface area contributed by atoms with E-state index in [0.29, 0.717) is 24.0 Å². The van der Waals surface area contributed by atoms with Gasteiger partial charge in [0.15, 0.2) is 0 Å². The molecule has 3 heteroatoms. The van der Waals surface area contributed by atoms with Crippen molar-refractivity contribution < 1.29 is 9.53 Å². The fourth-order valence-electron chi connectivity index (χ4n) is 2.48. The fourth-order valence-corrected chi connectivity index (χ4v) is 2.76. The molecule has 0 heterocycles. The van der Waals surface area contributed by atoms with Crippen LogP contribution in [0.3, 0.4) is 0 Å². The summed E-state index contributed by atoms with van der Waals surface area (Å²) >= 11 is 6.08. The Morgan fingerprint density at radius 3 is 2.79 bits per heavy atom. The summed E-state index contributed by atoms with van der Waals surface area (Å²) in [4.78, 5) is 11.6. The van der Waals surface area contributed by atoms with Gasteiger partial charge in [0, 0.05) is 12.0 Å². The van der Waals surface area contributed by atoms with E-state index in [4.69, 9.17) is 16.3 Å². The Morgan fingerprint density at radius 2 is 2.21 bits per heavy atom. The number of ether oxygens (including phenoxy) is 1. The third-order valence-electron chi connectivity index (χ3n) is 3.80. The average molecular weight is 281 g/mol. The van der Waals surface area contributed by atoms with E-state index in [1.165, 1.54) is 18.4 Å². The quantitative estimate of drug-likeness (QED) is 0.431. The monoisotopic (exact) mass is 280 g/mol. The Bertz CT molecular complexity index is 452. The maximum atomic E-state index is 11.6. The van der Waals surface area contributed by atoms with Crippen molar-refractivity contribution >= 4 is 17.6 Å². The van der Waals surface area contributed by atoms with E-state index in [-0.39, 0.29) is 5.97 Å². The lowest BCUT2D eigenvalue weighted by atomic mass is 9.92. The fraction of sp³-hybridized carbons (Fsp3) is 0.562. The molecule has 0 saturated heterocycles. The number of alkyl halides is 1. The van der Waals surface area contributed by atoms with E-state index in [1.54, 1.807) is 0 Å². The number of halogens is 1. The SMILES string of the molecule is CCCC(=O)Oc1cccc(C(C)C2CC2)c1CCl. The van der Waals surface area contributed by atoms with Crippen molar-refractivity contribution in [3.8, 4) is 5.75 Å². The first-order valence-corrected chi connectivity index (χ1v) is 7.59. The van der Waals surface area contributed by atoms with Gasteiger partial charge in [-0.05, 0) is 42.7 Å². The van der Waals surface area contributed by atoms with Crippen LogP contribution in [0, 0.1) is 5.92 Å². The van der Waals surface area contributed by atoms with E-state index in [9.17, 15) is 4.79 Å². The molecular weight excluding hydrogens is 260 g/mol. The molecule has 2 nitrogen and oxygen atoms in total. The maximum Gasteiger partial charge on any atom is 0.311 e. The molecule has 1 saturated carbocycles. The Kier molecular flexibility index (Phi) is 4.87. The van der Waals surface area contributed by atoms with E-state index in [1.807, 2.05) is 19.1 Å². The molecule has 1 aromatic rings. The van der Waals surface area contributed by atoms with Gasteiger partial charge in [-0.15, -0.1) is 11.6 Å². The first-order chi connectivity index (χ1) is 9.17. The van der Waals surface area contributed by atoms with Crippen LogP contribution in [-0.4, -0.2) is 5.97 Å². The number of carbonyl (C=O) groups is 1. The molecule has 1 aliphatic rings. The van der Waals surface area contributed by atoms with Gasteiger partial charge in [-0.25, -0.2) is 0 Å². The van der Waals surface area contributed by atoms with E-state index in [2.05, 4.69) is 13.0 Å². The van der Waals surface area contributed by atoms with Gasteiger partial charge < -0.3 is 4.74 Å². The van der Waals surface area contributed by atoms with Crippen LogP contribution in [0.4, 0.5) is 0 Å². The molecule has 1 aromatic carbocycles. The standard InChI is InChI=1S/C16H21ClO2/c1-3-5-16(18)19-15-7-4-6-13(14(15)10-17)11(2)12-8-9-12/h4,6-7,11-12H,3,5,8-10H2,1-2H3. The van der Waals surface area contributed by atoms with Crippen LogP contribution < -0.4 is 4.74 Å². The minimum atomic E-state index is -0.176. The summed E-state index contributed by atoms with van der Waals surface area (Å²) in [5, 5.41) is 0. The third kappa shape index (κ3) is 3.50. The van der Waals surface area contributed by atoms with Gasteiger partial charge in [0.25, 0.3) is 0 Å². The minimum absolute atomic E-state index is 0.176. The molecule has 0 amide bonds. The molecule has 1 atom stereocenters. The molecular formula is C16H21ClO2. The zero-order valence-corrected chi connectivity index (χ0v) is 12.4. The summed E-state index contributed by atoms with van der Waals surface area (Å²) < 4.78 is 5.44. The minimum Gasteiger partial charge on any atom is -0.426 e. The summed E-state index contributed by atoms with van der Waals surface area (Å²) in [5.74, 6) is 2.12. The van der Waals surface area contributed by atoms with Crippen LogP contribution in [-0.2, 0) is 10.7 Å². The topological polar surface area (TPSA) is 26.3 Å². The van der Waals surface area contributed by atoms with E-state index < -0.39 is 0 Å². The molecule has 0 bridgehead atoms. The number of benzene rings is 1. The van der Waals surface area contributed by atoms with Crippen molar-refractivity contribution in [2.24, 2.45) is 5.92 Å². The zero-order valence-electron chi connectivity index (χ0n) is 11.6. The van der Waals surface area contributed by atoms with Gasteiger partial charge in [-0.1, -0.05) is 26.0 Å². The summed E-state index contributed by atoms with van der Waals surface area (Å²) in [5.41, 5.74) is 2.22. The van der Waals surface area contributed by atoms with Crippen LogP contribution in [0.1, 0.15) is 56.6 Å². The van der Waals surface area contributed by atoms with Gasteiger partial charge in [-0.3, -0.25) is 4.79 Å². The lowest BCUT2D eigenvalue weighted by Gasteiger charge is -2.17. The summed E-state index contributed by atoms with van der Waals surface area (Å²) in [6.45, 7) is 4.20. The van der Waals surface area contributed by atoms with Crippen LogP contribution in [0.2, 0.25) is 0 Å². The summed E-state index contributed by atoms with van der Waals surface area (Å²) in [7, 11) is 0. The molecule has 0 N–H and O–H groups in total. The lowest BCUT2D eigenvalue weighted by Crippen LogP contribution is -2.10. The maximum absolute atomic E-state index is 11.6. The van der Waals surface area contributed by atoms with Gasteiger partial charge in [-0.2, -0.15) is 0 Å². The molecule has 0 aliphatic heterocycles. The second-order valence-electron chi connectivity index (χ2n) is 5.31. The smallest absolute Gasteiger partial charge is 0.311 e. The van der Waals surface area contributed by atoms with Crippen LogP contribution >= 0.6 is 11.6 Å². The Labute approximate surface area is 120 Å². The van der Waals surface area contributed by atoms with Crippen LogP contribution in [0.15, 0.2) is 18.2 Å². The van der Waals surface area contributed by atoms with Crippen molar-refractivity contribution in [1.82, 2.24) is 0 Å². The molecule has 1 unspecified atom stereocenters. The molecule has 1 aliphatic carbocycles. The molecule has 0 aromatic heterocycles. The van der Waals surface area contributed by atoms with Crippen molar-refractivity contribution in [3.05, 3.63) is 29.3 Å². The van der Waals surface area contributed by atoms with Crippen molar-refractivity contribution in [3.63, 3.8) is 0 Å². The largest absolute Gasteiger partial charge is 0.426 e. The molecule has 19 heavy (non-hydrogen) atoms. The number of esters is 1. The number of hydrogen-bond donors (Lipinski definition) is 0. The normalized spacial score (nSPS) is 16.2. The van der Waals surface area contributed by atoms with E-state index in [0.717, 1.165) is 17.9 Å². The first kappa shape index (κ1) is 14.4. The predicted molar refractivity (Wildman–Crippen MR) is 77.7 cm³/mol. The van der Waals surface area contributed by atoms with Gasteiger partial charge in [0.2, 0.25) is 0 Å². The Morgan fingerprint density at radius 1 is 1.47 bits per heavy atom. The van der Waals surface area contributed by atoms with E-state index >= 15 is 0 Å². The Hall–Kier alpha value is -1.02. The molecule has 104 valence electrons. The number of rotatable bonds is 6. The van der Waals surface area contributed by atoms with Crippen LogP contribution in [0.5, 0.6) is 5.75 Å². The highest BCUT2D eigenvalue weighted by Crippen LogP contribution is 2.44. The number of carbonyl (C=O) groups excluding carboxylic acids is 1. The third-order valence-corrected chi connectivity index (χ3v) is 4.07. The van der Waals surface area contributed by atoms with Crippen LogP contribution in [0.25, 0.3) is 0 Å². The van der Waals surface area contributed by atoms with Crippen molar-refractivity contribution in [1.29, 1.82) is 0 Å². The summed E-state index contributed by atoms with van der Waals surface area (Å²) in [6, 6.07) is 5.91. The summed E-state index contributed by atoms with van der Waals surface area (Å²) in [6.07, 6.45) is 3.84. The lowest BCUT2D eigenvalue weighted by molar-refractivity contribution is -0.134. The molecule has 0 spiro atoms. The predicted octanol–water partition coefficient (Wildman–Crippen LogP) is 4.64. The Balaban J connectivity index is 2.22. The highest BCUT2D eigenvalue weighted by Gasteiger charge is 2.30. The van der Waals surface area contributed by atoms with Gasteiger partial charge in [0.05, 0.1) is 5.88 Å². The van der Waals surface area contributed by atoms with Crippen molar-refractivity contribution in [2.75, 3.05) is 0 Å². The highest BCUT2D eigenvalue weighted by atomic mass is 35.5. The number of hydrogen-bond acceptors (Lipinski definition) is 2.